The van der Waals surface area contributed by atoms with Crippen molar-refractivity contribution in [3.63, 3.8) is 0 Å². The van der Waals surface area contributed by atoms with Crippen LogP contribution in [0.3, 0.4) is 0 Å². The van der Waals surface area contributed by atoms with Gasteiger partial charge in [-0.3, -0.25) is 4.79 Å². The van der Waals surface area contributed by atoms with Crippen molar-refractivity contribution in [2.45, 2.75) is 37.8 Å². The molecule has 0 radical (unpaired) electrons. The summed E-state index contributed by atoms with van der Waals surface area (Å²) in [6, 6.07) is 11.2. The number of carbonyl (C=O) groups is 1. The van der Waals surface area contributed by atoms with Gasteiger partial charge in [-0.05, 0) is 43.7 Å². The SMILES string of the molecule is CC(C)NS(=O)(=O)c1cccc(CNC(=O)Cc2ccc(Br)cc2O)c1. The molecule has 0 saturated heterocycles. The number of rotatable bonds is 7. The zero-order chi connectivity index (χ0) is 19.3. The third-order valence-corrected chi connectivity index (χ3v) is 5.64. The molecule has 0 aromatic heterocycles. The second-order valence-corrected chi connectivity index (χ2v) is 8.78. The highest BCUT2D eigenvalue weighted by Gasteiger charge is 2.15. The fourth-order valence-electron chi connectivity index (χ4n) is 2.32. The summed E-state index contributed by atoms with van der Waals surface area (Å²) in [5.41, 5.74) is 1.19. The Kier molecular flexibility index (Phi) is 6.80. The lowest BCUT2D eigenvalue weighted by molar-refractivity contribution is -0.120. The Morgan fingerprint density at radius 1 is 1.19 bits per heavy atom. The maximum absolute atomic E-state index is 12.2. The molecule has 0 atom stereocenters. The number of amides is 1. The number of aromatic hydroxyl groups is 1. The minimum absolute atomic E-state index is 0.0337. The largest absolute Gasteiger partial charge is 0.508 e. The molecule has 26 heavy (non-hydrogen) atoms. The first-order chi connectivity index (χ1) is 12.2. The van der Waals surface area contributed by atoms with Gasteiger partial charge in [0.05, 0.1) is 11.3 Å². The Labute approximate surface area is 161 Å². The van der Waals surface area contributed by atoms with E-state index in [9.17, 15) is 18.3 Å². The monoisotopic (exact) mass is 440 g/mol. The van der Waals surface area contributed by atoms with Crippen LogP contribution >= 0.6 is 15.9 Å². The minimum atomic E-state index is -3.58. The summed E-state index contributed by atoms with van der Waals surface area (Å²) >= 11 is 3.25. The van der Waals surface area contributed by atoms with E-state index in [0.29, 0.717) is 11.1 Å². The molecule has 0 heterocycles. The topological polar surface area (TPSA) is 95.5 Å². The van der Waals surface area contributed by atoms with Gasteiger partial charge in [0, 0.05) is 22.6 Å². The Balaban J connectivity index is 2.01. The predicted octanol–water partition coefficient (Wildman–Crippen LogP) is 2.70. The van der Waals surface area contributed by atoms with Gasteiger partial charge < -0.3 is 10.4 Å². The molecule has 8 heteroatoms. The van der Waals surface area contributed by atoms with Gasteiger partial charge >= 0.3 is 0 Å². The number of sulfonamides is 1. The summed E-state index contributed by atoms with van der Waals surface area (Å²) in [5, 5.41) is 12.6. The molecule has 2 rings (SSSR count). The van der Waals surface area contributed by atoms with Crippen molar-refractivity contribution in [3.05, 3.63) is 58.1 Å². The zero-order valence-electron chi connectivity index (χ0n) is 14.5. The zero-order valence-corrected chi connectivity index (χ0v) is 16.9. The Bertz CT molecular complexity index is 898. The Hall–Kier alpha value is -1.90. The molecule has 0 spiro atoms. The van der Waals surface area contributed by atoms with Gasteiger partial charge in [0.2, 0.25) is 15.9 Å². The average molecular weight is 441 g/mol. The highest BCUT2D eigenvalue weighted by molar-refractivity contribution is 9.10. The average Bonchev–Trinajstić information content (AvgIpc) is 2.55. The molecule has 0 aliphatic carbocycles. The van der Waals surface area contributed by atoms with E-state index in [2.05, 4.69) is 26.0 Å². The van der Waals surface area contributed by atoms with Crippen molar-refractivity contribution in [3.8, 4) is 5.75 Å². The summed E-state index contributed by atoms with van der Waals surface area (Å²) in [6.07, 6.45) is 0.0337. The predicted molar refractivity (Wildman–Crippen MR) is 103 cm³/mol. The summed E-state index contributed by atoms with van der Waals surface area (Å²) in [7, 11) is -3.58. The van der Waals surface area contributed by atoms with Gasteiger partial charge in [-0.1, -0.05) is 34.1 Å². The fraction of sp³-hybridized carbons (Fsp3) is 0.278. The second kappa shape index (κ2) is 8.66. The van der Waals surface area contributed by atoms with Gasteiger partial charge in [0.15, 0.2) is 0 Å². The summed E-state index contributed by atoms with van der Waals surface area (Å²) < 4.78 is 27.7. The van der Waals surface area contributed by atoms with Crippen LogP contribution in [0.15, 0.2) is 51.8 Å². The van der Waals surface area contributed by atoms with Crippen molar-refractivity contribution in [2.75, 3.05) is 0 Å². The number of hydrogen-bond acceptors (Lipinski definition) is 4. The Morgan fingerprint density at radius 3 is 2.58 bits per heavy atom. The van der Waals surface area contributed by atoms with Crippen molar-refractivity contribution < 1.29 is 18.3 Å². The molecule has 1 amide bonds. The molecular formula is C18H21BrN2O4S. The molecule has 3 N–H and O–H groups in total. The number of halogens is 1. The maximum Gasteiger partial charge on any atom is 0.240 e. The van der Waals surface area contributed by atoms with Crippen LogP contribution in [0.25, 0.3) is 0 Å². The number of nitrogens with one attached hydrogen (secondary N) is 2. The van der Waals surface area contributed by atoms with E-state index in [-0.39, 0.29) is 35.6 Å². The highest BCUT2D eigenvalue weighted by atomic mass is 79.9. The molecule has 0 aliphatic heterocycles. The second-order valence-electron chi connectivity index (χ2n) is 6.15. The van der Waals surface area contributed by atoms with Crippen LogP contribution in [-0.4, -0.2) is 25.5 Å². The van der Waals surface area contributed by atoms with Gasteiger partial charge in [0.1, 0.15) is 5.75 Å². The lowest BCUT2D eigenvalue weighted by Crippen LogP contribution is -2.30. The molecule has 140 valence electrons. The van der Waals surface area contributed by atoms with Crippen LogP contribution < -0.4 is 10.0 Å². The third kappa shape index (κ3) is 5.82. The van der Waals surface area contributed by atoms with E-state index in [0.717, 1.165) is 4.47 Å². The standard InChI is InChI=1S/C18H21BrN2O4S/c1-12(2)21-26(24,25)16-5-3-4-13(8-16)11-20-18(23)9-14-6-7-15(19)10-17(14)22/h3-8,10,12,21-22H,9,11H2,1-2H3,(H,20,23). The quantitative estimate of drug-likeness (QED) is 0.616. The van der Waals surface area contributed by atoms with Crippen LogP contribution in [0.2, 0.25) is 0 Å². The van der Waals surface area contributed by atoms with Crippen molar-refractivity contribution in [2.24, 2.45) is 0 Å². The first-order valence-electron chi connectivity index (χ1n) is 8.03. The normalized spacial score (nSPS) is 11.5. The summed E-state index contributed by atoms with van der Waals surface area (Å²) in [4.78, 5) is 12.2. The first kappa shape index (κ1) is 20.4. The number of hydrogen-bond donors (Lipinski definition) is 3. The molecule has 0 fully saturated rings. The van der Waals surface area contributed by atoms with E-state index < -0.39 is 10.0 Å². The maximum atomic E-state index is 12.2. The van der Waals surface area contributed by atoms with Gasteiger partial charge in [-0.25, -0.2) is 13.1 Å². The van der Waals surface area contributed by atoms with E-state index >= 15 is 0 Å². The van der Waals surface area contributed by atoms with E-state index in [1.165, 1.54) is 18.2 Å². The van der Waals surface area contributed by atoms with Crippen LogP contribution in [0.4, 0.5) is 0 Å². The van der Waals surface area contributed by atoms with E-state index in [4.69, 9.17) is 0 Å². The van der Waals surface area contributed by atoms with Gasteiger partial charge in [-0.2, -0.15) is 0 Å². The fourth-order valence-corrected chi connectivity index (χ4v) is 3.99. The van der Waals surface area contributed by atoms with E-state index in [1.54, 1.807) is 38.1 Å². The number of phenols is 1. The minimum Gasteiger partial charge on any atom is -0.508 e. The van der Waals surface area contributed by atoms with Gasteiger partial charge in [0.25, 0.3) is 0 Å². The lowest BCUT2D eigenvalue weighted by atomic mass is 10.1. The lowest BCUT2D eigenvalue weighted by Gasteiger charge is -2.11. The number of carbonyl (C=O) groups excluding carboxylic acids is 1. The molecule has 0 unspecified atom stereocenters. The molecule has 6 nitrogen and oxygen atoms in total. The molecule has 0 saturated carbocycles. The highest BCUT2D eigenvalue weighted by Crippen LogP contribution is 2.22. The van der Waals surface area contributed by atoms with Crippen molar-refractivity contribution in [1.29, 1.82) is 0 Å². The summed E-state index contributed by atoms with van der Waals surface area (Å²) in [6.45, 7) is 3.69. The summed E-state index contributed by atoms with van der Waals surface area (Å²) in [5.74, 6) is -0.224. The van der Waals surface area contributed by atoms with Crippen LogP contribution in [0.1, 0.15) is 25.0 Å². The Morgan fingerprint density at radius 2 is 1.92 bits per heavy atom. The van der Waals surface area contributed by atoms with E-state index in [1.807, 2.05) is 0 Å². The number of phenolic OH excluding ortho intramolecular Hbond substituents is 1. The van der Waals surface area contributed by atoms with Crippen LogP contribution in [-0.2, 0) is 27.8 Å². The number of benzene rings is 2. The smallest absolute Gasteiger partial charge is 0.240 e. The van der Waals surface area contributed by atoms with Gasteiger partial charge in [-0.15, -0.1) is 0 Å². The van der Waals surface area contributed by atoms with Crippen LogP contribution in [0, 0.1) is 0 Å². The molecule has 0 bridgehead atoms. The molecule has 2 aromatic carbocycles. The molecular weight excluding hydrogens is 420 g/mol. The third-order valence-electron chi connectivity index (χ3n) is 3.49. The molecule has 2 aromatic rings. The van der Waals surface area contributed by atoms with Crippen LogP contribution in [0.5, 0.6) is 5.75 Å². The van der Waals surface area contributed by atoms with Crippen molar-refractivity contribution in [1.82, 2.24) is 10.0 Å². The molecule has 0 aliphatic rings. The first-order valence-corrected chi connectivity index (χ1v) is 10.3. The van der Waals surface area contributed by atoms with Crippen molar-refractivity contribution >= 4 is 31.9 Å².